The number of benzene rings is 2. The lowest BCUT2D eigenvalue weighted by atomic mass is 9.89. The maximum Gasteiger partial charge on any atom is 0.490 e. The molecule has 3 fully saturated rings. The fraction of sp³-hybridized carbons (Fsp3) is 0.580. The van der Waals surface area contributed by atoms with Gasteiger partial charge in [0.15, 0.2) is 13.5 Å². The standard InChI is InChI=1S/C48H66N8O7.C2HF3O2/c1-32-25-33(26-36-29-55(50-41(32)36)30-62-44(59)47(2,3)4)27-39(43(58)53-23-21-52(22-24-53)37-15-17-51(8)18-16-37)49-46(61)54-19-13-34(14-20-54)38-28-35-11-9-10-12-40(35)56(42(38)57)31-63-45(60)48(5,6)7;3-2(4,5)1(6)7/h9-12,25-26,28-29,34,37,39H,13-24,27,30-31H2,1-8H3,(H,49,61);(H,6,7). The van der Waals surface area contributed by atoms with Crippen LogP contribution in [-0.4, -0.2) is 147 Å². The van der Waals surface area contributed by atoms with Crippen LogP contribution in [-0.2, 0) is 48.5 Å². The molecule has 0 spiro atoms. The minimum Gasteiger partial charge on any atom is -0.475 e. The van der Waals surface area contributed by atoms with Gasteiger partial charge in [0, 0.05) is 68.9 Å². The molecule has 1 unspecified atom stereocenters. The smallest absolute Gasteiger partial charge is 0.475 e. The van der Waals surface area contributed by atoms with E-state index in [1.54, 1.807) is 51.1 Å². The second-order valence-corrected chi connectivity index (χ2v) is 20.7. The summed E-state index contributed by atoms with van der Waals surface area (Å²) in [5, 5.41) is 16.7. The van der Waals surface area contributed by atoms with Crippen molar-refractivity contribution in [3.63, 3.8) is 0 Å². The summed E-state index contributed by atoms with van der Waals surface area (Å²) in [6.45, 7) is 18.3. The summed E-state index contributed by atoms with van der Waals surface area (Å²) in [5.41, 5.74) is 2.34. The molecule has 1 atom stereocenters. The largest absolute Gasteiger partial charge is 0.490 e. The number of nitrogens with one attached hydrogen (secondary N) is 1. The van der Waals surface area contributed by atoms with Crippen molar-refractivity contribution in [3.8, 4) is 0 Å². The minimum absolute atomic E-state index is 0.0131. The Morgan fingerprint density at radius 3 is 1.96 bits per heavy atom. The number of carbonyl (C=O) groups excluding carboxylic acids is 4. The van der Waals surface area contributed by atoms with Crippen molar-refractivity contribution in [2.45, 2.75) is 118 Å². The number of aryl methyl sites for hydroxylation is 1. The number of hydrogen-bond donors (Lipinski definition) is 2. The number of urea groups is 1. The molecule has 2 N–H and O–H groups in total. The number of ether oxygens (including phenoxy) is 2. The Hall–Kier alpha value is -6.02. The van der Waals surface area contributed by atoms with Crippen LogP contribution in [0.5, 0.6) is 0 Å². The van der Waals surface area contributed by atoms with Gasteiger partial charge in [-0.1, -0.05) is 24.3 Å². The number of likely N-dealkylation sites (tertiary alicyclic amines) is 2. The highest BCUT2D eigenvalue weighted by Gasteiger charge is 2.38. The van der Waals surface area contributed by atoms with Gasteiger partial charge in [0.2, 0.25) is 5.91 Å². The van der Waals surface area contributed by atoms with Gasteiger partial charge in [0.1, 0.15) is 6.04 Å². The van der Waals surface area contributed by atoms with Crippen molar-refractivity contribution in [3.05, 3.63) is 75.7 Å². The van der Waals surface area contributed by atoms with Crippen LogP contribution in [0.3, 0.4) is 0 Å². The average Bonchev–Trinajstić information content (AvgIpc) is 3.73. The Morgan fingerprint density at radius 2 is 1.37 bits per heavy atom. The predicted octanol–water partition coefficient (Wildman–Crippen LogP) is 6.13. The van der Waals surface area contributed by atoms with E-state index in [0.29, 0.717) is 56.1 Å². The molecule has 17 nitrogen and oxygen atoms in total. The quantitative estimate of drug-likeness (QED) is 0.174. The molecule has 70 heavy (non-hydrogen) atoms. The molecule has 2 aromatic carbocycles. The third-order valence-electron chi connectivity index (χ3n) is 13.1. The minimum atomic E-state index is -5.08. The number of alkyl halides is 3. The van der Waals surface area contributed by atoms with Gasteiger partial charge in [0.05, 0.1) is 21.9 Å². The summed E-state index contributed by atoms with van der Waals surface area (Å²) in [5.74, 6) is -3.68. The highest BCUT2D eigenvalue weighted by molar-refractivity contribution is 5.88. The number of amides is 3. The van der Waals surface area contributed by atoms with Gasteiger partial charge < -0.3 is 34.6 Å². The number of carboxylic acid groups (broad SMARTS) is 1. The predicted molar refractivity (Wildman–Crippen MR) is 256 cm³/mol. The van der Waals surface area contributed by atoms with E-state index in [1.165, 1.54) is 4.57 Å². The van der Waals surface area contributed by atoms with Crippen LogP contribution in [0.15, 0.2) is 53.5 Å². The number of carboxylic acids is 1. The highest BCUT2D eigenvalue weighted by atomic mass is 19.4. The first-order chi connectivity index (χ1) is 32.8. The molecule has 0 saturated carbocycles. The maximum atomic E-state index is 14.5. The zero-order valence-corrected chi connectivity index (χ0v) is 41.4. The van der Waals surface area contributed by atoms with Gasteiger partial charge in [-0.05, 0) is 135 Å². The van der Waals surface area contributed by atoms with Crippen LogP contribution in [0.25, 0.3) is 21.8 Å². The van der Waals surface area contributed by atoms with Crippen molar-refractivity contribution >= 4 is 51.7 Å². The van der Waals surface area contributed by atoms with E-state index in [1.807, 2.05) is 60.5 Å². The highest BCUT2D eigenvalue weighted by Crippen LogP contribution is 2.29. The van der Waals surface area contributed by atoms with E-state index in [-0.39, 0.29) is 49.3 Å². The van der Waals surface area contributed by atoms with Gasteiger partial charge in [-0.15, -0.1) is 0 Å². The van der Waals surface area contributed by atoms with Crippen LogP contribution < -0.4 is 10.9 Å². The summed E-state index contributed by atoms with van der Waals surface area (Å²) in [6, 6.07) is 12.9. The number of para-hydroxylation sites is 1. The molecule has 5 heterocycles. The molecule has 3 saturated heterocycles. The second kappa shape index (κ2) is 22.0. The molecule has 7 rings (SSSR count). The molecule has 2 aromatic heterocycles. The Bertz CT molecular complexity index is 2590. The van der Waals surface area contributed by atoms with E-state index in [2.05, 4.69) is 27.3 Å². The zero-order chi connectivity index (χ0) is 51.3. The number of piperazine rings is 1. The number of hydrogen-bond acceptors (Lipinski definition) is 11. The fourth-order valence-corrected chi connectivity index (χ4v) is 9.03. The number of nitrogens with zero attached hydrogens (tertiary/aromatic N) is 7. The molecular weight excluding hydrogens is 914 g/mol. The normalized spacial score (nSPS) is 17.5. The topological polar surface area (TPSA) is 189 Å². The lowest BCUT2D eigenvalue weighted by molar-refractivity contribution is -0.192. The Kier molecular flexibility index (Phi) is 16.7. The summed E-state index contributed by atoms with van der Waals surface area (Å²) < 4.78 is 46.0. The molecule has 20 heteroatoms. The summed E-state index contributed by atoms with van der Waals surface area (Å²) >= 11 is 0. The van der Waals surface area contributed by atoms with E-state index in [4.69, 9.17) is 19.4 Å². The molecule has 3 aliphatic rings. The number of esters is 2. The number of aromatic nitrogens is 3. The van der Waals surface area contributed by atoms with Crippen molar-refractivity contribution < 1.29 is 51.7 Å². The Morgan fingerprint density at radius 1 is 0.786 bits per heavy atom. The molecule has 3 amide bonds. The van der Waals surface area contributed by atoms with Crippen LogP contribution >= 0.6 is 0 Å². The Labute approximate surface area is 405 Å². The number of carbonyl (C=O) groups is 5. The van der Waals surface area contributed by atoms with Crippen molar-refractivity contribution in [2.24, 2.45) is 10.8 Å². The molecule has 0 aliphatic carbocycles. The molecule has 0 bridgehead atoms. The number of fused-ring (bicyclic) bond motifs is 2. The third kappa shape index (κ3) is 13.4. The van der Waals surface area contributed by atoms with Crippen molar-refractivity contribution in [2.75, 3.05) is 59.4 Å². The van der Waals surface area contributed by atoms with Crippen LogP contribution in [0, 0.1) is 17.8 Å². The van der Waals surface area contributed by atoms with Gasteiger partial charge in [0.25, 0.3) is 5.56 Å². The Balaban J connectivity index is 0.00000107. The van der Waals surface area contributed by atoms with Gasteiger partial charge in [-0.25, -0.2) is 14.3 Å². The van der Waals surface area contributed by atoms with Crippen LogP contribution in [0.2, 0.25) is 0 Å². The molecular formula is C50H67F3N8O9. The number of rotatable bonds is 10. The maximum absolute atomic E-state index is 14.5. The SMILES string of the molecule is Cc1cc(CC(NC(=O)N2CCC(c3cc4ccccc4n(COC(=O)C(C)(C)C)c3=O)CC2)C(=O)N2CCN(C3CCN(C)CC3)CC2)cc2cn(COC(=O)C(C)(C)C)nc12.O=C(O)C(F)(F)F. The lowest BCUT2D eigenvalue weighted by Gasteiger charge is -2.43. The zero-order valence-electron chi connectivity index (χ0n) is 41.4. The average molecular weight is 981 g/mol. The van der Waals surface area contributed by atoms with Gasteiger partial charge >= 0.3 is 30.1 Å². The van der Waals surface area contributed by atoms with Crippen molar-refractivity contribution in [1.82, 2.24) is 39.3 Å². The van der Waals surface area contributed by atoms with Crippen LogP contribution in [0.1, 0.15) is 89.8 Å². The van der Waals surface area contributed by atoms with Crippen LogP contribution in [0.4, 0.5) is 18.0 Å². The third-order valence-corrected chi connectivity index (χ3v) is 13.1. The van der Waals surface area contributed by atoms with E-state index >= 15 is 0 Å². The van der Waals surface area contributed by atoms with E-state index in [0.717, 1.165) is 66.4 Å². The van der Waals surface area contributed by atoms with E-state index < -0.39 is 35.0 Å². The number of aliphatic carboxylic acids is 1. The van der Waals surface area contributed by atoms with Crippen molar-refractivity contribution in [1.29, 1.82) is 0 Å². The summed E-state index contributed by atoms with van der Waals surface area (Å²) in [4.78, 5) is 85.3. The summed E-state index contributed by atoms with van der Waals surface area (Å²) in [7, 11) is 2.16. The molecule has 382 valence electrons. The number of piperidine rings is 2. The number of halogens is 3. The molecule has 3 aliphatic heterocycles. The summed E-state index contributed by atoms with van der Waals surface area (Å²) in [6.07, 6.45) is 0.415. The van der Waals surface area contributed by atoms with E-state index in [9.17, 15) is 37.1 Å². The first-order valence-electron chi connectivity index (χ1n) is 23.8. The monoisotopic (exact) mass is 980 g/mol. The fourth-order valence-electron chi connectivity index (χ4n) is 9.03. The molecule has 4 aromatic rings. The van der Waals surface area contributed by atoms with Gasteiger partial charge in [-0.3, -0.25) is 28.6 Å². The number of pyridine rings is 1. The first-order valence-corrected chi connectivity index (χ1v) is 23.8. The van der Waals surface area contributed by atoms with Gasteiger partial charge in [-0.2, -0.15) is 18.3 Å². The first kappa shape index (κ1) is 53.3. The molecule has 0 radical (unpaired) electrons. The lowest BCUT2D eigenvalue weighted by Crippen LogP contribution is -2.59. The second-order valence-electron chi connectivity index (χ2n) is 20.7.